The van der Waals surface area contributed by atoms with E-state index in [1.165, 1.54) is 0 Å². The molecule has 2 rings (SSSR count). The third-order valence-electron chi connectivity index (χ3n) is 2.77. The van der Waals surface area contributed by atoms with Crippen LogP contribution in [0.15, 0.2) is 33.3 Å². The molecule has 0 amide bonds. The van der Waals surface area contributed by atoms with E-state index >= 15 is 0 Å². The van der Waals surface area contributed by atoms with Gasteiger partial charge >= 0.3 is 0 Å². The van der Waals surface area contributed by atoms with Gasteiger partial charge in [-0.3, -0.25) is 4.68 Å². The van der Waals surface area contributed by atoms with Crippen LogP contribution in [0.3, 0.4) is 0 Å². The molecule has 1 heterocycles. The first-order valence-electron chi connectivity index (χ1n) is 5.34. The van der Waals surface area contributed by atoms with Crippen molar-refractivity contribution in [3.8, 4) is 0 Å². The Bertz CT molecular complexity index is 549. The van der Waals surface area contributed by atoms with Crippen molar-refractivity contribution in [1.82, 2.24) is 15.1 Å². The van der Waals surface area contributed by atoms with Crippen LogP contribution in [0.4, 0.5) is 0 Å². The smallest absolute Gasteiger partial charge is 0.0771 e. The van der Waals surface area contributed by atoms with E-state index in [4.69, 9.17) is 11.6 Å². The summed E-state index contributed by atoms with van der Waals surface area (Å²) in [7, 11) is 3.82. The monoisotopic (exact) mass is 391 g/mol. The van der Waals surface area contributed by atoms with Crippen molar-refractivity contribution >= 4 is 43.5 Å². The predicted molar refractivity (Wildman–Crippen MR) is 81.0 cm³/mol. The van der Waals surface area contributed by atoms with Crippen LogP contribution in [0.2, 0.25) is 5.02 Å². The summed E-state index contributed by atoms with van der Waals surface area (Å²) in [5, 5.41) is 8.23. The molecule has 1 aromatic heterocycles. The highest BCUT2D eigenvalue weighted by Gasteiger charge is 2.21. The Balaban J connectivity index is 2.52. The molecular weight excluding hydrogens is 381 g/mol. The largest absolute Gasteiger partial charge is 0.308 e. The summed E-state index contributed by atoms with van der Waals surface area (Å²) in [6.45, 7) is 0. The summed E-state index contributed by atoms with van der Waals surface area (Å²) in [6.07, 6.45) is 1.78. The minimum Gasteiger partial charge on any atom is -0.308 e. The maximum atomic E-state index is 6.31. The van der Waals surface area contributed by atoms with Gasteiger partial charge in [-0.2, -0.15) is 5.10 Å². The summed E-state index contributed by atoms with van der Waals surface area (Å²) in [6, 6.07) is 5.88. The number of rotatable bonds is 3. The highest BCUT2D eigenvalue weighted by Crippen LogP contribution is 2.33. The summed E-state index contributed by atoms with van der Waals surface area (Å²) >= 11 is 13.2. The van der Waals surface area contributed by atoms with E-state index < -0.39 is 0 Å². The third-order valence-corrected chi connectivity index (χ3v) is 4.20. The number of hydrogen-bond acceptors (Lipinski definition) is 2. The molecule has 0 bridgehead atoms. The van der Waals surface area contributed by atoms with E-state index in [1.54, 1.807) is 6.20 Å². The minimum absolute atomic E-state index is 0.00697. The normalized spacial score (nSPS) is 12.7. The van der Waals surface area contributed by atoms with E-state index in [0.29, 0.717) is 0 Å². The maximum Gasteiger partial charge on any atom is 0.0771 e. The number of aryl methyl sites for hydroxylation is 1. The van der Waals surface area contributed by atoms with E-state index in [-0.39, 0.29) is 6.04 Å². The van der Waals surface area contributed by atoms with Crippen LogP contribution in [0.5, 0.6) is 0 Å². The molecule has 0 radical (unpaired) electrons. The fourth-order valence-electron chi connectivity index (χ4n) is 1.92. The van der Waals surface area contributed by atoms with Crippen molar-refractivity contribution in [2.45, 2.75) is 6.04 Å². The summed E-state index contributed by atoms with van der Waals surface area (Å²) < 4.78 is 3.77. The third kappa shape index (κ3) is 2.64. The lowest BCUT2D eigenvalue weighted by Gasteiger charge is -2.19. The van der Waals surface area contributed by atoms with E-state index in [9.17, 15) is 0 Å². The second-order valence-corrected chi connectivity index (χ2v) is 6.07. The maximum absolute atomic E-state index is 6.31. The van der Waals surface area contributed by atoms with Crippen LogP contribution in [0.25, 0.3) is 0 Å². The zero-order valence-electron chi connectivity index (χ0n) is 9.92. The molecule has 0 aliphatic heterocycles. The van der Waals surface area contributed by atoms with Gasteiger partial charge in [-0.15, -0.1) is 0 Å². The lowest BCUT2D eigenvalue weighted by Crippen LogP contribution is -2.21. The van der Waals surface area contributed by atoms with Gasteiger partial charge in [0.2, 0.25) is 0 Å². The molecule has 96 valence electrons. The van der Waals surface area contributed by atoms with Crippen LogP contribution in [-0.4, -0.2) is 16.8 Å². The lowest BCUT2D eigenvalue weighted by atomic mass is 10.0. The molecule has 18 heavy (non-hydrogen) atoms. The highest BCUT2D eigenvalue weighted by atomic mass is 79.9. The zero-order chi connectivity index (χ0) is 13.3. The number of nitrogens with zero attached hydrogens (tertiary/aromatic N) is 2. The molecule has 3 nitrogen and oxygen atoms in total. The molecule has 0 spiro atoms. The molecule has 0 aliphatic carbocycles. The molecule has 2 aromatic rings. The first-order chi connectivity index (χ1) is 8.54. The van der Waals surface area contributed by atoms with Gasteiger partial charge in [0.1, 0.15) is 0 Å². The van der Waals surface area contributed by atoms with Gasteiger partial charge in [-0.25, -0.2) is 0 Å². The average molecular weight is 394 g/mol. The van der Waals surface area contributed by atoms with Crippen LogP contribution < -0.4 is 5.32 Å². The van der Waals surface area contributed by atoms with Gasteiger partial charge in [-0.05, 0) is 40.7 Å². The lowest BCUT2D eigenvalue weighted by molar-refractivity contribution is 0.604. The molecule has 1 N–H and O–H groups in total. The van der Waals surface area contributed by atoms with Crippen LogP contribution >= 0.6 is 43.5 Å². The van der Waals surface area contributed by atoms with Crippen LogP contribution in [-0.2, 0) is 7.05 Å². The van der Waals surface area contributed by atoms with Crippen molar-refractivity contribution in [2.24, 2.45) is 7.05 Å². The molecule has 0 aliphatic rings. The topological polar surface area (TPSA) is 29.9 Å². The fourth-order valence-corrected chi connectivity index (χ4v) is 3.28. The van der Waals surface area contributed by atoms with Crippen molar-refractivity contribution in [3.63, 3.8) is 0 Å². The molecule has 1 aromatic carbocycles. The number of halogens is 3. The summed E-state index contributed by atoms with van der Waals surface area (Å²) in [5.74, 6) is 0. The number of aromatic nitrogens is 2. The quantitative estimate of drug-likeness (QED) is 0.857. The van der Waals surface area contributed by atoms with E-state index in [0.717, 1.165) is 25.2 Å². The minimum atomic E-state index is -0.00697. The Morgan fingerprint density at radius 1 is 1.39 bits per heavy atom. The van der Waals surface area contributed by atoms with E-state index in [2.05, 4.69) is 42.3 Å². The van der Waals surface area contributed by atoms with Crippen molar-refractivity contribution in [3.05, 3.63) is 49.6 Å². The number of nitrogens with one attached hydrogen (secondary N) is 1. The van der Waals surface area contributed by atoms with Crippen molar-refractivity contribution in [1.29, 1.82) is 0 Å². The molecule has 1 unspecified atom stereocenters. The first-order valence-corrected chi connectivity index (χ1v) is 7.30. The SMILES string of the molecule is CNC(c1ccc(Br)cc1Cl)c1c(Br)cnn1C. The molecular formula is C12H12Br2ClN3. The van der Waals surface area contributed by atoms with E-state index in [1.807, 2.05) is 37.0 Å². The molecule has 0 fully saturated rings. The zero-order valence-corrected chi connectivity index (χ0v) is 13.8. The van der Waals surface area contributed by atoms with Gasteiger partial charge < -0.3 is 5.32 Å². The van der Waals surface area contributed by atoms with Gasteiger partial charge in [0.15, 0.2) is 0 Å². The first kappa shape index (κ1) is 14.1. The van der Waals surface area contributed by atoms with Crippen LogP contribution in [0, 0.1) is 0 Å². The Labute approximate surface area is 128 Å². The second-order valence-electron chi connectivity index (χ2n) is 3.89. The fraction of sp³-hybridized carbons (Fsp3) is 0.250. The number of benzene rings is 1. The number of hydrogen-bond donors (Lipinski definition) is 1. The standard InChI is InChI=1S/C12H12Br2ClN3/c1-16-11(12-9(14)6-17-18(12)2)8-4-3-7(13)5-10(8)15/h3-6,11,16H,1-2H3. The second kappa shape index (κ2) is 5.74. The summed E-state index contributed by atoms with van der Waals surface area (Å²) in [5.41, 5.74) is 2.06. The van der Waals surface area contributed by atoms with Gasteiger partial charge in [0.25, 0.3) is 0 Å². The average Bonchev–Trinajstić information content (AvgIpc) is 2.64. The Kier molecular flexibility index (Phi) is 4.48. The Hall–Kier alpha value is -0.360. The predicted octanol–water partition coefficient (Wildman–Crippen LogP) is 3.91. The summed E-state index contributed by atoms with van der Waals surface area (Å²) in [4.78, 5) is 0. The highest BCUT2D eigenvalue weighted by molar-refractivity contribution is 9.10. The van der Waals surface area contributed by atoms with Gasteiger partial charge in [0.05, 0.1) is 22.4 Å². The molecule has 6 heteroatoms. The Morgan fingerprint density at radius 3 is 2.61 bits per heavy atom. The molecule has 0 saturated carbocycles. The van der Waals surface area contributed by atoms with Crippen molar-refractivity contribution < 1.29 is 0 Å². The van der Waals surface area contributed by atoms with Crippen molar-refractivity contribution in [2.75, 3.05) is 7.05 Å². The Morgan fingerprint density at radius 2 is 2.11 bits per heavy atom. The molecule has 1 atom stereocenters. The van der Waals surface area contributed by atoms with Gasteiger partial charge in [-0.1, -0.05) is 33.6 Å². The van der Waals surface area contributed by atoms with Gasteiger partial charge in [0, 0.05) is 16.5 Å². The van der Waals surface area contributed by atoms with Crippen LogP contribution in [0.1, 0.15) is 17.3 Å². The molecule has 0 saturated heterocycles.